The van der Waals surface area contributed by atoms with E-state index in [4.69, 9.17) is 0 Å². The molecule has 0 radical (unpaired) electrons. The number of halogens is 1. The van der Waals surface area contributed by atoms with E-state index in [-0.39, 0.29) is 36.4 Å². The van der Waals surface area contributed by atoms with Crippen LogP contribution in [0.2, 0.25) is 0 Å². The lowest BCUT2D eigenvalue weighted by Gasteiger charge is -2.23. The van der Waals surface area contributed by atoms with E-state index in [1.54, 1.807) is 7.05 Å². The third-order valence-electron chi connectivity index (χ3n) is 3.62. The first kappa shape index (κ1) is 20.5. The Balaban J connectivity index is 0.00000400. The van der Waals surface area contributed by atoms with E-state index in [2.05, 4.69) is 34.8 Å². The highest BCUT2D eigenvalue weighted by Crippen LogP contribution is 2.16. The SMILES string of the molecule is CN=C(NCCC(C)C)NCC(=O)NC1CCCCC1.I. The van der Waals surface area contributed by atoms with Crippen LogP contribution in [0.3, 0.4) is 0 Å². The van der Waals surface area contributed by atoms with Crippen molar-refractivity contribution in [3.63, 3.8) is 0 Å². The molecule has 1 rings (SSSR count). The summed E-state index contributed by atoms with van der Waals surface area (Å²) in [6.07, 6.45) is 7.10. The van der Waals surface area contributed by atoms with Crippen molar-refractivity contribution in [2.24, 2.45) is 10.9 Å². The molecule has 1 fully saturated rings. The molecular formula is C15H31IN4O. The van der Waals surface area contributed by atoms with Crippen molar-refractivity contribution in [2.75, 3.05) is 20.1 Å². The summed E-state index contributed by atoms with van der Waals surface area (Å²) in [6.45, 7) is 5.55. The monoisotopic (exact) mass is 410 g/mol. The fourth-order valence-corrected chi connectivity index (χ4v) is 2.39. The number of aliphatic imine (C=N–C) groups is 1. The van der Waals surface area contributed by atoms with E-state index in [1.165, 1.54) is 19.3 Å². The van der Waals surface area contributed by atoms with Crippen molar-refractivity contribution in [3.8, 4) is 0 Å². The number of amides is 1. The highest BCUT2D eigenvalue weighted by molar-refractivity contribution is 14.0. The maximum Gasteiger partial charge on any atom is 0.239 e. The van der Waals surface area contributed by atoms with Gasteiger partial charge in [0.2, 0.25) is 5.91 Å². The number of carbonyl (C=O) groups excluding carboxylic acids is 1. The standard InChI is InChI=1S/C15H30N4O.HI/c1-12(2)9-10-17-15(16-3)18-11-14(20)19-13-7-5-4-6-8-13;/h12-13H,4-11H2,1-3H3,(H,19,20)(H2,16,17,18);1H. The second-order valence-corrected chi connectivity index (χ2v) is 5.94. The number of guanidine groups is 1. The molecule has 0 atom stereocenters. The zero-order chi connectivity index (χ0) is 14.8. The lowest BCUT2D eigenvalue weighted by molar-refractivity contribution is -0.120. The molecule has 0 aliphatic heterocycles. The Kier molecular flexibility index (Phi) is 11.8. The third-order valence-corrected chi connectivity index (χ3v) is 3.62. The second-order valence-electron chi connectivity index (χ2n) is 5.94. The van der Waals surface area contributed by atoms with Crippen molar-refractivity contribution in [1.82, 2.24) is 16.0 Å². The number of hydrogen-bond donors (Lipinski definition) is 3. The van der Waals surface area contributed by atoms with E-state index < -0.39 is 0 Å². The maximum absolute atomic E-state index is 11.9. The van der Waals surface area contributed by atoms with Crippen LogP contribution >= 0.6 is 24.0 Å². The number of nitrogens with zero attached hydrogens (tertiary/aromatic N) is 1. The summed E-state index contributed by atoms with van der Waals surface area (Å²) in [5, 5.41) is 9.37. The first-order valence-electron chi connectivity index (χ1n) is 7.85. The van der Waals surface area contributed by atoms with Crippen LogP contribution in [-0.2, 0) is 4.79 Å². The van der Waals surface area contributed by atoms with E-state index in [0.29, 0.717) is 17.9 Å². The summed E-state index contributed by atoms with van der Waals surface area (Å²) in [4.78, 5) is 16.0. The van der Waals surface area contributed by atoms with E-state index in [9.17, 15) is 4.79 Å². The Morgan fingerprint density at radius 3 is 2.43 bits per heavy atom. The highest BCUT2D eigenvalue weighted by atomic mass is 127. The average Bonchev–Trinajstić information content (AvgIpc) is 2.43. The van der Waals surface area contributed by atoms with Crippen molar-refractivity contribution in [3.05, 3.63) is 0 Å². The van der Waals surface area contributed by atoms with Crippen molar-refractivity contribution in [1.29, 1.82) is 0 Å². The van der Waals surface area contributed by atoms with E-state index in [0.717, 1.165) is 25.8 Å². The van der Waals surface area contributed by atoms with Gasteiger partial charge in [0.05, 0.1) is 6.54 Å². The lowest BCUT2D eigenvalue weighted by Crippen LogP contribution is -2.46. The Bertz CT molecular complexity index is 315. The molecule has 1 amide bonds. The zero-order valence-electron chi connectivity index (χ0n) is 13.6. The summed E-state index contributed by atoms with van der Waals surface area (Å²) in [6, 6.07) is 0.369. The number of rotatable bonds is 6. The average molecular weight is 410 g/mol. The predicted molar refractivity (Wildman–Crippen MR) is 99.3 cm³/mol. The normalized spacial score (nSPS) is 16.3. The van der Waals surface area contributed by atoms with Gasteiger partial charge in [0.15, 0.2) is 5.96 Å². The van der Waals surface area contributed by atoms with Crippen LogP contribution in [0, 0.1) is 5.92 Å². The minimum absolute atomic E-state index is 0. The minimum Gasteiger partial charge on any atom is -0.356 e. The Labute approximate surface area is 146 Å². The first-order chi connectivity index (χ1) is 9.61. The van der Waals surface area contributed by atoms with Gasteiger partial charge in [0.1, 0.15) is 0 Å². The third kappa shape index (κ3) is 9.92. The van der Waals surface area contributed by atoms with Gasteiger partial charge in [0, 0.05) is 19.6 Å². The molecule has 21 heavy (non-hydrogen) atoms. The van der Waals surface area contributed by atoms with Gasteiger partial charge in [-0.05, 0) is 25.2 Å². The molecule has 0 aromatic heterocycles. The zero-order valence-corrected chi connectivity index (χ0v) is 15.9. The van der Waals surface area contributed by atoms with E-state index in [1.807, 2.05) is 0 Å². The quantitative estimate of drug-likeness (QED) is 0.358. The van der Waals surface area contributed by atoms with E-state index >= 15 is 0 Å². The van der Waals surface area contributed by atoms with Gasteiger partial charge in [-0.1, -0.05) is 33.1 Å². The number of hydrogen-bond acceptors (Lipinski definition) is 2. The summed E-state index contributed by atoms with van der Waals surface area (Å²) in [5.41, 5.74) is 0. The molecule has 0 saturated heterocycles. The molecule has 0 aromatic carbocycles. The van der Waals surface area contributed by atoms with Crippen molar-refractivity contribution < 1.29 is 4.79 Å². The number of carbonyl (C=O) groups is 1. The maximum atomic E-state index is 11.9. The highest BCUT2D eigenvalue weighted by Gasteiger charge is 2.15. The lowest BCUT2D eigenvalue weighted by atomic mass is 9.95. The van der Waals surface area contributed by atoms with Gasteiger partial charge >= 0.3 is 0 Å². The van der Waals surface area contributed by atoms with Crippen LogP contribution in [-0.4, -0.2) is 38.0 Å². The van der Waals surface area contributed by atoms with Crippen LogP contribution in [0.1, 0.15) is 52.4 Å². The Hall–Kier alpha value is -0.530. The molecule has 3 N–H and O–H groups in total. The molecule has 0 heterocycles. The number of nitrogens with one attached hydrogen (secondary N) is 3. The second kappa shape index (κ2) is 12.1. The van der Waals surface area contributed by atoms with Crippen LogP contribution in [0.5, 0.6) is 0 Å². The smallest absolute Gasteiger partial charge is 0.239 e. The molecule has 1 aliphatic rings. The van der Waals surface area contributed by atoms with Crippen LogP contribution in [0.25, 0.3) is 0 Å². The van der Waals surface area contributed by atoms with Gasteiger partial charge < -0.3 is 16.0 Å². The molecule has 0 aromatic rings. The molecule has 1 aliphatic carbocycles. The molecule has 0 spiro atoms. The van der Waals surface area contributed by atoms with Gasteiger partial charge in [-0.25, -0.2) is 0 Å². The molecule has 124 valence electrons. The fourth-order valence-electron chi connectivity index (χ4n) is 2.39. The summed E-state index contributed by atoms with van der Waals surface area (Å²) in [5.74, 6) is 1.42. The van der Waals surface area contributed by atoms with Crippen LogP contribution < -0.4 is 16.0 Å². The molecule has 1 saturated carbocycles. The van der Waals surface area contributed by atoms with Crippen LogP contribution in [0.4, 0.5) is 0 Å². The van der Waals surface area contributed by atoms with Crippen molar-refractivity contribution in [2.45, 2.75) is 58.4 Å². The predicted octanol–water partition coefficient (Wildman–Crippen LogP) is 2.26. The molecular weight excluding hydrogens is 379 g/mol. The van der Waals surface area contributed by atoms with Gasteiger partial charge in [-0.3, -0.25) is 9.79 Å². The molecule has 6 heteroatoms. The Morgan fingerprint density at radius 2 is 1.86 bits per heavy atom. The van der Waals surface area contributed by atoms with Crippen LogP contribution in [0.15, 0.2) is 4.99 Å². The Morgan fingerprint density at radius 1 is 1.19 bits per heavy atom. The van der Waals surface area contributed by atoms with Gasteiger partial charge in [0.25, 0.3) is 0 Å². The summed E-state index contributed by atoms with van der Waals surface area (Å²) < 4.78 is 0. The minimum atomic E-state index is 0. The topological polar surface area (TPSA) is 65.5 Å². The van der Waals surface area contributed by atoms with Crippen molar-refractivity contribution >= 4 is 35.8 Å². The van der Waals surface area contributed by atoms with Gasteiger partial charge in [-0.2, -0.15) is 0 Å². The summed E-state index contributed by atoms with van der Waals surface area (Å²) in [7, 11) is 1.73. The van der Waals surface area contributed by atoms with Gasteiger partial charge in [-0.15, -0.1) is 24.0 Å². The molecule has 0 bridgehead atoms. The molecule has 5 nitrogen and oxygen atoms in total. The summed E-state index contributed by atoms with van der Waals surface area (Å²) >= 11 is 0. The molecule has 0 unspecified atom stereocenters. The largest absolute Gasteiger partial charge is 0.356 e. The first-order valence-corrected chi connectivity index (χ1v) is 7.85. The fraction of sp³-hybridized carbons (Fsp3) is 0.867.